The molecule has 1 aliphatic rings. The molecule has 0 heterocycles. The van der Waals surface area contributed by atoms with Crippen molar-refractivity contribution >= 4 is 0 Å². The Labute approximate surface area is 171 Å². The molecule has 1 nitrogen and oxygen atoms in total. The van der Waals surface area contributed by atoms with E-state index in [-0.39, 0.29) is 22.9 Å². The Morgan fingerprint density at radius 1 is 1.00 bits per heavy atom. The zero-order valence-corrected chi connectivity index (χ0v) is 17.0. The van der Waals surface area contributed by atoms with E-state index in [9.17, 15) is 13.2 Å². The second-order valence-corrected chi connectivity index (χ2v) is 7.77. The lowest BCUT2D eigenvalue weighted by molar-refractivity contribution is 0.293. The molecule has 0 amide bonds. The van der Waals surface area contributed by atoms with Gasteiger partial charge >= 0.3 is 0 Å². The van der Waals surface area contributed by atoms with Gasteiger partial charge in [-0.05, 0) is 74.3 Å². The summed E-state index contributed by atoms with van der Waals surface area (Å²) in [6, 6.07) is 8.33. The highest BCUT2D eigenvalue weighted by Crippen LogP contribution is 2.36. The van der Waals surface area contributed by atoms with Crippen molar-refractivity contribution in [2.75, 3.05) is 6.61 Å². The normalized spacial score (nSPS) is 18.8. The highest BCUT2D eigenvalue weighted by atomic mass is 19.2. The number of ether oxygens (including phenoxy) is 1. The molecule has 0 aliphatic heterocycles. The molecular weight excluding hydrogens is 373 g/mol. The Morgan fingerprint density at radius 3 is 2.45 bits per heavy atom. The molecule has 0 bridgehead atoms. The summed E-state index contributed by atoms with van der Waals surface area (Å²) in [7, 11) is 0. The predicted molar refractivity (Wildman–Crippen MR) is 109 cm³/mol. The van der Waals surface area contributed by atoms with Gasteiger partial charge in [0, 0.05) is 5.92 Å². The molecule has 2 aromatic carbocycles. The fraction of sp³-hybridized carbons (Fsp3) is 0.440. The zero-order chi connectivity index (χ0) is 20.8. The van der Waals surface area contributed by atoms with Gasteiger partial charge in [-0.2, -0.15) is 0 Å². The van der Waals surface area contributed by atoms with E-state index in [4.69, 9.17) is 4.74 Å². The van der Waals surface area contributed by atoms with E-state index in [2.05, 4.69) is 18.8 Å². The van der Waals surface area contributed by atoms with Crippen molar-refractivity contribution in [1.29, 1.82) is 0 Å². The molecule has 0 spiro atoms. The monoisotopic (exact) mass is 400 g/mol. The third-order valence-electron chi connectivity index (χ3n) is 5.60. The highest BCUT2D eigenvalue weighted by Gasteiger charge is 2.22. The molecule has 0 aromatic heterocycles. The number of hydrogen-bond acceptors (Lipinski definition) is 1. The van der Waals surface area contributed by atoms with Crippen LogP contribution in [0.5, 0.6) is 5.75 Å². The lowest BCUT2D eigenvalue weighted by Gasteiger charge is -2.26. The van der Waals surface area contributed by atoms with E-state index in [0.717, 1.165) is 44.1 Å². The van der Waals surface area contributed by atoms with Crippen LogP contribution in [0.25, 0.3) is 0 Å². The van der Waals surface area contributed by atoms with Crippen molar-refractivity contribution in [2.24, 2.45) is 5.92 Å². The van der Waals surface area contributed by atoms with Gasteiger partial charge in [0.1, 0.15) is 0 Å². The van der Waals surface area contributed by atoms with Crippen LogP contribution in [0.3, 0.4) is 0 Å². The van der Waals surface area contributed by atoms with Crippen LogP contribution in [0.1, 0.15) is 68.1 Å². The van der Waals surface area contributed by atoms with E-state index in [1.165, 1.54) is 13.0 Å². The van der Waals surface area contributed by atoms with Gasteiger partial charge in [-0.3, -0.25) is 0 Å². The molecule has 3 rings (SSSR count). The molecule has 1 fully saturated rings. The largest absolute Gasteiger partial charge is 0.491 e. The number of unbranched alkanes of at least 4 members (excludes halogenated alkanes) is 1. The standard InChI is InChI=1S/C25H27F3O/c1-3-4-15-29-23-14-13-21(16-22(23)26)19-10-6-18(7-11-19)8-12-20-9-5-17(2)24(27)25(20)28/h5,9,13-14,16,18-19H,3-4,6-7,10-11,15H2,1-2H3. The van der Waals surface area contributed by atoms with E-state index >= 15 is 0 Å². The predicted octanol–water partition coefficient (Wildman–Crippen LogP) is 6.92. The van der Waals surface area contributed by atoms with Crippen LogP contribution < -0.4 is 4.74 Å². The number of aryl methyl sites for hydroxylation is 1. The maximum atomic E-state index is 14.3. The van der Waals surface area contributed by atoms with Gasteiger partial charge in [-0.1, -0.05) is 37.3 Å². The summed E-state index contributed by atoms with van der Waals surface area (Å²) in [6.45, 7) is 4.13. The Balaban J connectivity index is 1.59. The summed E-state index contributed by atoms with van der Waals surface area (Å²) < 4.78 is 47.4. The average molecular weight is 400 g/mol. The van der Waals surface area contributed by atoms with Gasteiger partial charge in [0.25, 0.3) is 0 Å². The molecular formula is C25H27F3O. The fourth-order valence-electron chi connectivity index (χ4n) is 3.71. The van der Waals surface area contributed by atoms with Gasteiger partial charge in [-0.15, -0.1) is 0 Å². The molecule has 1 aliphatic carbocycles. The van der Waals surface area contributed by atoms with Crippen LogP contribution >= 0.6 is 0 Å². The average Bonchev–Trinajstić information content (AvgIpc) is 2.73. The van der Waals surface area contributed by atoms with Crippen molar-refractivity contribution in [3.05, 3.63) is 64.5 Å². The number of benzene rings is 2. The Bertz CT molecular complexity index is 902. The Hall–Kier alpha value is -2.41. The van der Waals surface area contributed by atoms with Crippen LogP contribution in [0.4, 0.5) is 13.2 Å². The summed E-state index contributed by atoms with van der Waals surface area (Å²) in [5, 5.41) is 0. The molecule has 29 heavy (non-hydrogen) atoms. The highest BCUT2D eigenvalue weighted by molar-refractivity contribution is 5.39. The molecule has 0 radical (unpaired) electrons. The van der Waals surface area contributed by atoms with Crippen molar-refractivity contribution in [2.45, 2.75) is 58.3 Å². The first-order chi connectivity index (χ1) is 14.0. The first-order valence-electron chi connectivity index (χ1n) is 10.4. The smallest absolute Gasteiger partial charge is 0.174 e. The van der Waals surface area contributed by atoms with E-state index < -0.39 is 11.6 Å². The maximum absolute atomic E-state index is 14.3. The lowest BCUT2D eigenvalue weighted by Crippen LogP contribution is -2.12. The first-order valence-corrected chi connectivity index (χ1v) is 10.4. The van der Waals surface area contributed by atoms with Crippen LogP contribution in [-0.4, -0.2) is 6.61 Å². The molecule has 0 unspecified atom stereocenters. The second-order valence-electron chi connectivity index (χ2n) is 7.77. The van der Waals surface area contributed by atoms with Gasteiger partial charge in [0.05, 0.1) is 12.2 Å². The molecule has 0 saturated heterocycles. The quantitative estimate of drug-likeness (QED) is 0.391. The Kier molecular flexibility index (Phi) is 7.25. The topological polar surface area (TPSA) is 9.23 Å². The van der Waals surface area contributed by atoms with Gasteiger partial charge in [-0.25, -0.2) is 13.2 Å². The van der Waals surface area contributed by atoms with Crippen LogP contribution in [0.15, 0.2) is 30.3 Å². The van der Waals surface area contributed by atoms with Gasteiger partial charge < -0.3 is 4.74 Å². The maximum Gasteiger partial charge on any atom is 0.174 e. The Morgan fingerprint density at radius 2 is 1.76 bits per heavy atom. The minimum absolute atomic E-state index is 0.107. The summed E-state index contributed by atoms with van der Waals surface area (Å²) in [5.74, 6) is 4.65. The minimum Gasteiger partial charge on any atom is -0.491 e. The zero-order valence-electron chi connectivity index (χ0n) is 17.0. The number of halogens is 3. The van der Waals surface area contributed by atoms with Gasteiger partial charge in [0.2, 0.25) is 0 Å². The van der Waals surface area contributed by atoms with Crippen molar-refractivity contribution in [1.82, 2.24) is 0 Å². The van der Waals surface area contributed by atoms with Crippen molar-refractivity contribution < 1.29 is 17.9 Å². The molecule has 2 aromatic rings. The van der Waals surface area contributed by atoms with Crippen LogP contribution in [0, 0.1) is 42.1 Å². The summed E-state index contributed by atoms with van der Waals surface area (Å²) in [6.07, 6.45) is 5.45. The molecule has 4 heteroatoms. The molecule has 1 saturated carbocycles. The minimum atomic E-state index is -0.872. The number of hydrogen-bond donors (Lipinski definition) is 0. The van der Waals surface area contributed by atoms with Gasteiger partial charge in [0.15, 0.2) is 23.2 Å². The summed E-state index contributed by atoms with van der Waals surface area (Å²) >= 11 is 0. The second kappa shape index (κ2) is 9.87. The van der Waals surface area contributed by atoms with Crippen LogP contribution in [-0.2, 0) is 0 Å². The summed E-state index contributed by atoms with van der Waals surface area (Å²) in [4.78, 5) is 0. The molecule has 0 atom stereocenters. The van der Waals surface area contributed by atoms with E-state index in [1.54, 1.807) is 18.2 Å². The lowest BCUT2D eigenvalue weighted by atomic mass is 9.79. The third kappa shape index (κ3) is 5.35. The number of rotatable bonds is 5. The molecule has 0 N–H and O–H groups in total. The van der Waals surface area contributed by atoms with Crippen LogP contribution in [0.2, 0.25) is 0 Å². The SMILES string of the molecule is CCCCOc1ccc(C2CCC(C#Cc3ccc(C)c(F)c3F)CC2)cc1F. The van der Waals surface area contributed by atoms with E-state index in [0.29, 0.717) is 18.3 Å². The summed E-state index contributed by atoms with van der Waals surface area (Å²) in [5.41, 5.74) is 1.38. The van der Waals surface area contributed by atoms with E-state index in [1.807, 2.05) is 6.07 Å². The van der Waals surface area contributed by atoms with Crippen molar-refractivity contribution in [3.8, 4) is 17.6 Å². The fourth-order valence-corrected chi connectivity index (χ4v) is 3.71. The first kappa shape index (κ1) is 21.3. The molecule has 154 valence electrons. The third-order valence-corrected chi connectivity index (χ3v) is 5.60. The van der Waals surface area contributed by atoms with Crippen molar-refractivity contribution in [3.63, 3.8) is 0 Å².